The standard InChI is InChI=1S/C33H32BrN3O/c34-28-12-15-29(16-13-28)37-24-27-11-14-30(23-32(27)33(37)38)36-21-19-35(20-22-36)18-17-31(25-7-3-1-4-8-25)26-9-5-2-6-10-26/h1-16,23,31H,17-22,24H2. The van der Waals surface area contributed by atoms with Crippen LogP contribution in [0.5, 0.6) is 0 Å². The summed E-state index contributed by atoms with van der Waals surface area (Å²) in [4.78, 5) is 20.1. The first kappa shape index (κ1) is 24.9. The van der Waals surface area contributed by atoms with Crippen molar-refractivity contribution in [2.24, 2.45) is 0 Å². The molecule has 0 atom stereocenters. The molecule has 38 heavy (non-hydrogen) atoms. The molecule has 0 N–H and O–H groups in total. The maximum Gasteiger partial charge on any atom is 0.259 e. The zero-order valence-electron chi connectivity index (χ0n) is 21.5. The second-order valence-electron chi connectivity index (χ2n) is 10.2. The third kappa shape index (κ3) is 5.27. The quantitative estimate of drug-likeness (QED) is 0.242. The minimum Gasteiger partial charge on any atom is -0.369 e. The van der Waals surface area contributed by atoms with Crippen LogP contribution in [0.25, 0.3) is 0 Å². The Labute approximate surface area is 233 Å². The van der Waals surface area contributed by atoms with Gasteiger partial charge in [-0.25, -0.2) is 0 Å². The van der Waals surface area contributed by atoms with Crippen molar-refractivity contribution < 1.29 is 4.79 Å². The van der Waals surface area contributed by atoms with Crippen molar-refractivity contribution >= 4 is 33.2 Å². The Hall–Kier alpha value is -3.41. The Balaban J connectivity index is 1.08. The second-order valence-corrected chi connectivity index (χ2v) is 11.1. The van der Waals surface area contributed by atoms with Gasteiger partial charge in [-0.15, -0.1) is 0 Å². The second kappa shape index (κ2) is 11.1. The first-order valence-electron chi connectivity index (χ1n) is 13.4. The lowest BCUT2D eigenvalue weighted by Gasteiger charge is -2.37. The molecule has 0 saturated carbocycles. The van der Waals surface area contributed by atoms with Crippen LogP contribution in [0.2, 0.25) is 0 Å². The fraction of sp³-hybridized carbons (Fsp3) is 0.242. The molecule has 4 aromatic rings. The van der Waals surface area contributed by atoms with E-state index in [1.165, 1.54) is 11.1 Å². The van der Waals surface area contributed by atoms with Crippen molar-refractivity contribution in [1.82, 2.24) is 4.90 Å². The summed E-state index contributed by atoms with van der Waals surface area (Å²) >= 11 is 3.48. The molecule has 4 aromatic carbocycles. The van der Waals surface area contributed by atoms with Gasteiger partial charge < -0.3 is 9.80 Å². The summed E-state index contributed by atoms with van der Waals surface area (Å²) in [5, 5.41) is 0. The van der Waals surface area contributed by atoms with Gasteiger partial charge in [-0.3, -0.25) is 9.69 Å². The first-order chi connectivity index (χ1) is 18.7. The van der Waals surface area contributed by atoms with E-state index in [1.54, 1.807) is 0 Å². The predicted molar refractivity (Wildman–Crippen MR) is 159 cm³/mol. The normalized spacial score (nSPS) is 15.8. The largest absolute Gasteiger partial charge is 0.369 e. The molecule has 0 radical (unpaired) electrons. The predicted octanol–water partition coefficient (Wildman–Crippen LogP) is 6.95. The molecule has 192 valence electrons. The molecule has 4 nitrogen and oxygen atoms in total. The molecule has 1 amide bonds. The Kier molecular flexibility index (Phi) is 7.30. The average molecular weight is 567 g/mol. The highest BCUT2D eigenvalue weighted by Crippen LogP contribution is 2.32. The molecule has 0 aromatic heterocycles. The van der Waals surface area contributed by atoms with Crippen LogP contribution in [0, 0.1) is 0 Å². The molecule has 1 fully saturated rings. The van der Waals surface area contributed by atoms with Crippen LogP contribution in [0.4, 0.5) is 11.4 Å². The number of hydrogen-bond acceptors (Lipinski definition) is 3. The number of carbonyl (C=O) groups is 1. The van der Waals surface area contributed by atoms with Crippen molar-refractivity contribution in [3.63, 3.8) is 0 Å². The number of rotatable bonds is 7. The van der Waals surface area contributed by atoms with E-state index in [4.69, 9.17) is 0 Å². The van der Waals surface area contributed by atoms with Gasteiger partial charge in [0.25, 0.3) is 5.91 Å². The molecular formula is C33H32BrN3O. The van der Waals surface area contributed by atoms with Gasteiger partial charge in [0.15, 0.2) is 0 Å². The number of benzene rings is 4. The molecule has 1 saturated heterocycles. The van der Waals surface area contributed by atoms with Gasteiger partial charge in [0, 0.05) is 53.5 Å². The summed E-state index contributed by atoms with van der Waals surface area (Å²) in [5.74, 6) is 0.502. The van der Waals surface area contributed by atoms with Crippen LogP contribution in [-0.2, 0) is 6.54 Å². The van der Waals surface area contributed by atoms with Crippen molar-refractivity contribution in [3.05, 3.63) is 130 Å². The molecule has 2 aliphatic heterocycles. The van der Waals surface area contributed by atoms with Gasteiger partial charge in [-0.05, 0) is 66.1 Å². The molecule has 6 rings (SSSR count). The molecule has 0 unspecified atom stereocenters. The van der Waals surface area contributed by atoms with Gasteiger partial charge in [-0.2, -0.15) is 0 Å². The molecule has 2 aliphatic rings. The topological polar surface area (TPSA) is 26.8 Å². The Morgan fingerprint density at radius 1 is 0.711 bits per heavy atom. The van der Waals surface area contributed by atoms with Gasteiger partial charge in [-0.1, -0.05) is 82.7 Å². The Morgan fingerprint density at radius 3 is 1.95 bits per heavy atom. The van der Waals surface area contributed by atoms with Crippen LogP contribution in [0.15, 0.2) is 108 Å². The lowest BCUT2D eigenvalue weighted by molar-refractivity contribution is 0.0996. The van der Waals surface area contributed by atoms with E-state index >= 15 is 0 Å². The van der Waals surface area contributed by atoms with E-state index < -0.39 is 0 Å². The van der Waals surface area contributed by atoms with E-state index in [0.29, 0.717) is 12.5 Å². The monoisotopic (exact) mass is 565 g/mol. The maximum absolute atomic E-state index is 13.2. The fourth-order valence-corrected chi connectivity index (χ4v) is 6.02. The number of halogens is 1. The minimum atomic E-state index is 0.0932. The molecule has 2 heterocycles. The molecule has 5 heteroatoms. The summed E-state index contributed by atoms with van der Waals surface area (Å²) in [5.41, 5.74) is 6.80. The SMILES string of the molecule is O=C1c2cc(N3CCN(CCC(c4ccccc4)c4ccccc4)CC3)ccc2CN1c1ccc(Br)cc1. The summed E-state index contributed by atoms with van der Waals surface area (Å²) < 4.78 is 1.02. The first-order valence-corrected chi connectivity index (χ1v) is 14.2. The number of anilines is 2. The third-order valence-electron chi connectivity index (χ3n) is 7.91. The van der Waals surface area contributed by atoms with Gasteiger partial charge in [0.2, 0.25) is 0 Å². The Bertz CT molecular complexity index is 1340. The number of hydrogen-bond donors (Lipinski definition) is 0. The number of piperazine rings is 1. The summed E-state index contributed by atoms with van der Waals surface area (Å²) in [6, 6.07) is 36.2. The van der Waals surface area contributed by atoms with Crippen LogP contribution in [0.1, 0.15) is 39.4 Å². The molecular weight excluding hydrogens is 534 g/mol. The summed E-state index contributed by atoms with van der Waals surface area (Å²) in [7, 11) is 0. The van der Waals surface area contributed by atoms with Crippen molar-refractivity contribution in [2.75, 3.05) is 42.5 Å². The molecule has 0 aliphatic carbocycles. The van der Waals surface area contributed by atoms with E-state index in [2.05, 4.69) is 105 Å². The number of fused-ring (bicyclic) bond motifs is 1. The minimum absolute atomic E-state index is 0.0932. The number of nitrogens with zero attached hydrogens (tertiary/aromatic N) is 3. The van der Waals surface area contributed by atoms with Crippen LogP contribution in [0.3, 0.4) is 0 Å². The van der Waals surface area contributed by atoms with E-state index in [1.807, 2.05) is 29.2 Å². The fourth-order valence-electron chi connectivity index (χ4n) is 5.75. The maximum atomic E-state index is 13.2. The van der Waals surface area contributed by atoms with Crippen molar-refractivity contribution in [3.8, 4) is 0 Å². The zero-order chi connectivity index (χ0) is 25.9. The highest BCUT2D eigenvalue weighted by molar-refractivity contribution is 9.10. The van der Waals surface area contributed by atoms with Gasteiger partial charge >= 0.3 is 0 Å². The lowest BCUT2D eigenvalue weighted by atomic mass is 9.88. The van der Waals surface area contributed by atoms with E-state index in [0.717, 1.165) is 66.1 Å². The number of amides is 1. The smallest absolute Gasteiger partial charge is 0.259 e. The highest BCUT2D eigenvalue weighted by atomic mass is 79.9. The Morgan fingerprint density at radius 2 is 1.32 bits per heavy atom. The van der Waals surface area contributed by atoms with Crippen LogP contribution >= 0.6 is 15.9 Å². The molecule has 0 bridgehead atoms. The van der Waals surface area contributed by atoms with E-state index in [9.17, 15) is 4.79 Å². The van der Waals surface area contributed by atoms with E-state index in [-0.39, 0.29) is 5.91 Å². The van der Waals surface area contributed by atoms with Gasteiger partial charge in [0.1, 0.15) is 0 Å². The number of carbonyl (C=O) groups excluding carboxylic acids is 1. The zero-order valence-corrected chi connectivity index (χ0v) is 23.1. The summed E-state index contributed by atoms with van der Waals surface area (Å²) in [6.07, 6.45) is 1.10. The van der Waals surface area contributed by atoms with Gasteiger partial charge in [0.05, 0.1) is 6.54 Å². The van der Waals surface area contributed by atoms with Crippen LogP contribution in [-0.4, -0.2) is 43.5 Å². The van der Waals surface area contributed by atoms with Crippen molar-refractivity contribution in [2.45, 2.75) is 18.9 Å². The molecule has 0 spiro atoms. The lowest BCUT2D eigenvalue weighted by Crippen LogP contribution is -2.46. The average Bonchev–Trinajstić information content (AvgIpc) is 3.30. The highest BCUT2D eigenvalue weighted by Gasteiger charge is 2.30. The van der Waals surface area contributed by atoms with Crippen molar-refractivity contribution in [1.29, 1.82) is 0 Å². The van der Waals surface area contributed by atoms with Crippen LogP contribution < -0.4 is 9.80 Å². The third-order valence-corrected chi connectivity index (χ3v) is 8.44. The summed E-state index contributed by atoms with van der Waals surface area (Å²) in [6.45, 7) is 5.73.